The number of amides is 1. The molecule has 1 aromatic rings. The van der Waals surface area contributed by atoms with Crippen molar-refractivity contribution >= 4 is 35.6 Å². The van der Waals surface area contributed by atoms with Crippen LogP contribution >= 0.6 is 24.0 Å². The van der Waals surface area contributed by atoms with Crippen LogP contribution in [0.4, 0.5) is 5.69 Å². The van der Waals surface area contributed by atoms with Gasteiger partial charge in [0.1, 0.15) is 0 Å². The molecule has 21 heavy (non-hydrogen) atoms. The lowest BCUT2D eigenvalue weighted by atomic mass is 9.99. The number of rotatable bonds is 3. The van der Waals surface area contributed by atoms with Gasteiger partial charge >= 0.3 is 0 Å². The molecule has 1 aromatic carbocycles. The summed E-state index contributed by atoms with van der Waals surface area (Å²) in [6.07, 6.45) is 1.88. The summed E-state index contributed by atoms with van der Waals surface area (Å²) < 4.78 is 0. The maximum absolute atomic E-state index is 12.2. The van der Waals surface area contributed by atoms with E-state index < -0.39 is 4.92 Å². The summed E-state index contributed by atoms with van der Waals surface area (Å²) in [6, 6.07) is 4.10. The normalized spacial score (nSPS) is 21.2. The van der Waals surface area contributed by atoms with Crippen molar-refractivity contribution in [1.82, 2.24) is 10.6 Å². The van der Waals surface area contributed by atoms with Crippen molar-refractivity contribution in [2.24, 2.45) is 0 Å². The van der Waals surface area contributed by atoms with Gasteiger partial charge in [0, 0.05) is 34.8 Å². The first-order chi connectivity index (χ1) is 9.47. The Kier molecular flexibility index (Phi) is 6.39. The summed E-state index contributed by atoms with van der Waals surface area (Å²) in [6.45, 7) is 2.95. The fourth-order valence-corrected chi connectivity index (χ4v) is 2.53. The molecule has 8 heteroatoms. The molecule has 1 heterocycles. The Bertz CT molecular complexity index is 539. The molecule has 0 bridgehead atoms. The van der Waals surface area contributed by atoms with Gasteiger partial charge in [-0.05, 0) is 32.4 Å². The Morgan fingerprint density at radius 2 is 2.19 bits per heavy atom. The lowest BCUT2D eigenvalue weighted by molar-refractivity contribution is -0.384. The van der Waals surface area contributed by atoms with E-state index in [1.165, 1.54) is 18.2 Å². The summed E-state index contributed by atoms with van der Waals surface area (Å²) in [5, 5.41) is 17.1. The van der Waals surface area contributed by atoms with Gasteiger partial charge in [0.15, 0.2) is 0 Å². The van der Waals surface area contributed by atoms with E-state index in [4.69, 9.17) is 11.6 Å². The summed E-state index contributed by atoms with van der Waals surface area (Å²) in [5.41, 5.74) is 0.0273. The predicted octanol–water partition coefficient (Wildman–Crippen LogP) is 2.54. The van der Waals surface area contributed by atoms with Gasteiger partial charge in [0.25, 0.3) is 11.6 Å². The van der Waals surface area contributed by atoms with E-state index in [-0.39, 0.29) is 46.7 Å². The van der Waals surface area contributed by atoms with Crippen LogP contribution in [0.1, 0.15) is 30.1 Å². The molecule has 2 rings (SSSR count). The number of nitrogens with one attached hydrogen (secondary N) is 2. The zero-order valence-corrected chi connectivity index (χ0v) is 13.0. The number of carbonyl (C=O) groups is 1. The molecule has 1 fully saturated rings. The van der Waals surface area contributed by atoms with Gasteiger partial charge in [-0.1, -0.05) is 11.6 Å². The average molecular weight is 334 g/mol. The molecule has 1 aliphatic rings. The van der Waals surface area contributed by atoms with Crippen LogP contribution in [0.3, 0.4) is 0 Å². The van der Waals surface area contributed by atoms with E-state index in [0.717, 1.165) is 19.4 Å². The third-order valence-corrected chi connectivity index (χ3v) is 3.65. The quantitative estimate of drug-likeness (QED) is 0.657. The van der Waals surface area contributed by atoms with Gasteiger partial charge in [-0.15, -0.1) is 12.4 Å². The molecule has 1 aliphatic heterocycles. The summed E-state index contributed by atoms with van der Waals surface area (Å²) in [5.74, 6) is -0.337. The molecule has 0 radical (unpaired) electrons. The van der Waals surface area contributed by atoms with Gasteiger partial charge in [0.05, 0.1) is 4.92 Å². The first-order valence-corrected chi connectivity index (χ1v) is 6.84. The van der Waals surface area contributed by atoms with Crippen LogP contribution in [0.15, 0.2) is 18.2 Å². The smallest absolute Gasteiger partial charge is 0.271 e. The van der Waals surface area contributed by atoms with Gasteiger partial charge in [-0.3, -0.25) is 14.9 Å². The Hall–Kier alpha value is -1.37. The number of hydrogen-bond donors (Lipinski definition) is 2. The van der Waals surface area contributed by atoms with Crippen molar-refractivity contribution in [3.63, 3.8) is 0 Å². The predicted molar refractivity (Wildman–Crippen MR) is 83.3 cm³/mol. The fourth-order valence-electron chi connectivity index (χ4n) is 2.30. The molecule has 1 saturated heterocycles. The van der Waals surface area contributed by atoms with E-state index in [1.807, 2.05) is 6.92 Å². The van der Waals surface area contributed by atoms with Crippen LogP contribution in [0.25, 0.3) is 0 Å². The number of nitrogens with zero attached hydrogens (tertiary/aromatic N) is 1. The highest BCUT2D eigenvalue weighted by Gasteiger charge is 2.23. The number of carbonyl (C=O) groups excluding carboxylic acids is 1. The van der Waals surface area contributed by atoms with Crippen LogP contribution < -0.4 is 10.6 Å². The number of hydrogen-bond acceptors (Lipinski definition) is 4. The molecule has 1 amide bonds. The molecule has 0 aromatic heterocycles. The maximum Gasteiger partial charge on any atom is 0.271 e. The third-order valence-electron chi connectivity index (χ3n) is 3.43. The van der Waals surface area contributed by atoms with E-state index in [2.05, 4.69) is 10.6 Å². The first-order valence-electron chi connectivity index (χ1n) is 6.46. The van der Waals surface area contributed by atoms with Crippen LogP contribution in [0.5, 0.6) is 0 Å². The second kappa shape index (κ2) is 7.59. The number of non-ortho nitro benzene ring substituents is 1. The van der Waals surface area contributed by atoms with Crippen molar-refractivity contribution in [3.8, 4) is 0 Å². The van der Waals surface area contributed by atoms with Crippen molar-refractivity contribution in [3.05, 3.63) is 38.9 Å². The third kappa shape index (κ3) is 4.56. The summed E-state index contributed by atoms with van der Waals surface area (Å²) >= 11 is 5.81. The van der Waals surface area contributed by atoms with Crippen LogP contribution in [-0.2, 0) is 0 Å². The minimum Gasteiger partial charge on any atom is -0.348 e. The van der Waals surface area contributed by atoms with Gasteiger partial charge in [-0.2, -0.15) is 0 Å². The number of benzene rings is 1. The topological polar surface area (TPSA) is 84.3 Å². The van der Waals surface area contributed by atoms with Crippen molar-refractivity contribution in [2.75, 3.05) is 6.54 Å². The number of halogens is 2. The monoisotopic (exact) mass is 333 g/mol. The number of nitro benzene ring substituents is 1. The fraction of sp³-hybridized carbons (Fsp3) is 0.462. The molecular formula is C13H17Cl2N3O3. The minimum atomic E-state index is -0.562. The second-order valence-electron chi connectivity index (χ2n) is 4.92. The van der Waals surface area contributed by atoms with Gasteiger partial charge in [0.2, 0.25) is 0 Å². The van der Waals surface area contributed by atoms with Crippen LogP contribution in [-0.4, -0.2) is 29.5 Å². The lowest BCUT2D eigenvalue weighted by Crippen LogP contribution is -2.51. The molecule has 116 valence electrons. The maximum atomic E-state index is 12.2. The van der Waals surface area contributed by atoms with Crippen molar-refractivity contribution in [2.45, 2.75) is 31.8 Å². The van der Waals surface area contributed by atoms with Crippen molar-refractivity contribution < 1.29 is 9.72 Å². The van der Waals surface area contributed by atoms with E-state index in [9.17, 15) is 14.9 Å². The summed E-state index contributed by atoms with van der Waals surface area (Å²) in [4.78, 5) is 22.4. The SMILES string of the molecule is CC1NCCCC1NC(=O)c1cc(Cl)cc([N+](=O)[O-])c1.Cl. The Morgan fingerprint density at radius 3 is 2.81 bits per heavy atom. The highest BCUT2D eigenvalue weighted by Crippen LogP contribution is 2.21. The lowest BCUT2D eigenvalue weighted by Gasteiger charge is -2.30. The van der Waals surface area contributed by atoms with Crippen LogP contribution in [0.2, 0.25) is 5.02 Å². The molecule has 6 nitrogen and oxygen atoms in total. The van der Waals surface area contributed by atoms with Crippen LogP contribution in [0, 0.1) is 10.1 Å². The second-order valence-corrected chi connectivity index (χ2v) is 5.36. The Labute approximate surface area is 133 Å². The molecule has 2 unspecified atom stereocenters. The Balaban J connectivity index is 0.00000220. The first kappa shape index (κ1) is 17.7. The number of nitro groups is 1. The molecule has 0 spiro atoms. The summed E-state index contributed by atoms with van der Waals surface area (Å²) in [7, 11) is 0. The molecule has 0 saturated carbocycles. The number of piperidine rings is 1. The highest BCUT2D eigenvalue weighted by atomic mass is 35.5. The Morgan fingerprint density at radius 1 is 1.48 bits per heavy atom. The molecule has 2 N–H and O–H groups in total. The molecule has 2 atom stereocenters. The zero-order valence-electron chi connectivity index (χ0n) is 11.5. The average Bonchev–Trinajstić information content (AvgIpc) is 2.40. The van der Waals surface area contributed by atoms with Gasteiger partial charge in [-0.25, -0.2) is 0 Å². The van der Waals surface area contributed by atoms with E-state index in [0.29, 0.717) is 0 Å². The van der Waals surface area contributed by atoms with E-state index in [1.54, 1.807) is 0 Å². The largest absolute Gasteiger partial charge is 0.348 e. The van der Waals surface area contributed by atoms with E-state index >= 15 is 0 Å². The minimum absolute atomic E-state index is 0. The molecule has 0 aliphatic carbocycles. The van der Waals surface area contributed by atoms with Gasteiger partial charge < -0.3 is 10.6 Å². The zero-order chi connectivity index (χ0) is 14.7. The highest BCUT2D eigenvalue weighted by molar-refractivity contribution is 6.31. The standard InChI is InChI=1S/C13H16ClN3O3.ClH/c1-8-12(3-2-4-15-8)16-13(18)9-5-10(14)7-11(6-9)17(19)20;/h5-8,12,15H,2-4H2,1H3,(H,16,18);1H. The molecular weight excluding hydrogens is 317 g/mol. The van der Waals surface area contributed by atoms with Crippen molar-refractivity contribution in [1.29, 1.82) is 0 Å².